The van der Waals surface area contributed by atoms with E-state index in [-0.39, 0.29) is 5.22 Å². The van der Waals surface area contributed by atoms with E-state index in [1.165, 1.54) is 0 Å². The van der Waals surface area contributed by atoms with Crippen LogP contribution in [0.2, 0.25) is 5.02 Å². The van der Waals surface area contributed by atoms with Crippen molar-refractivity contribution in [3.63, 3.8) is 0 Å². The van der Waals surface area contributed by atoms with Gasteiger partial charge in [-0.1, -0.05) is 35.9 Å². The maximum atomic E-state index is 12.3. The molecule has 1 atom stereocenters. The maximum absolute atomic E-state index is 12.3. The monoisotopic (exact) mass is 305 g/mol. The lowest BCUT2D eigenvalue weighted by Gasteiger charge is -2.05. The molecule has 1 aromatic heterocycles. The number of benzene rings is 2. The highest BCUT2D eigenvalue weighted by Crippen LogP contribution is 2.24. The van der Waals surface area contributed by atoms with E-state index in [1.54, 1.807) is 12.1 Å². The van der Waals surface area contributed by atoms with Gasteiger partial charge in [0.15, 0.2) is 5.58 Å². The largest absolute Gasteiger partial charge is 0.607 e. The Morgan fingerprint density at radius 2 is 1.95 bits per heavy atom. The van der Waals surface area contributed by atoms with Gasteiger partial charge in [-0.3, -0.25) is 0 Å². The fourth-order valence-electron chi connectivity index (χ4n) is 1.96. The molecule has 0 aliphatic heterocycles. The molecule has 0 fully saturated rings. The highest BCUT2D eigenvalue weighted by Gasteiger charge is 2.20. The molecule has 0 radical (unpaired) electrons. The van der Waals surface area contributed by atoms with Crippen LogP contribution in [0.25, 0.3) is 11.1 Å². The van der Waals surface area contributed by atoms with Crippen molar-refractivity contribution in [3.05, 3.63) is 58.6 Å². The van der Waals surface area contributed by atoms with Crippen LogP contribution in [0, 0.1) is 6.92 Å². The summed E-state index contributed by atoms with van der Waals surface area (Å²) in [6, 6.07) is 13.0. The molecule has 102 valence electrons. The van der Waals surface area contributed by atoms with E-state index in [4.69, 9.17) is 16.0 Å². The average Bonchev–Trinajstić information content (AvgIpc) is 2.87. The van der Waals surface area contributed by atoms with E-state index in [1.807, 2.05) is 37.3 Å². The first-order chi connectivity index (χ1) is 9.63. The number of hydrogen-bond donors (Lipinski definition) is 0. The van der Waals surface area contributed by atoms with Crippen molar-refractivity contribution >= 4 is 33.9 Å². The molecular weight excluding hydrogens is 294 g/mol. The van der Waals surface area contributed by atoms with Crippen molar-refractivity contribution < 1.29 is 8.97 Å². The van der Waals surface area contributed by atoms with Gasteiger partial charge in [0.05, 0.1) is 11.2 Å². The van der Waals surface area contributed by atoms with Crippen LogP contribution in [0.3, 0.4) is 0 Å². The lowest BCUT2D eigenvalue weighted by molar-refractivity contribution is 0.457. The molecule has 0 amide bonds. The summed E-state index contributed by atoms with van der Waals surface area (Å²) in [4.78, 5) is 4.29. The number of nitrogens with zero attached hydrogens (tertiary/aromatic N) is 1. The van der Waals surface area contributed by atoms with Gasteiger partial charge in [0.1, 0.15) is 11.3 Å². The third-order valence-corrected chi connectivity index (χ3v) is 4.41. The smallest absolute Gasteiger partial charge is 0.416 e. The Morgan fingerprint density at radius 1 is 1.20 bits per heavy atom. The van der Waals surface area contributed by atoms with Crippen LogP contribution in [0.15, 0.2) is 52.1 Å². The zero-order valence-electron chi connectivity index (χ0n) is 10.8. The number of aryl methyl sites for hydroxylation is 1. The minimum Gasteiger partial charge on any atom is -0.607 e. The lowest BCUT2D eigenvalue weighted by Crippen LogP contribution is -2.05. The zero-order valence-corrected chi connectivity index (χ0v) is 12.4. The number of aromatic nitrogens is 1. The second kappa shape index (κ2) is 5.48. The van der Waals surface area contributed by atoms with Crippen LogP contribution in [0.1, 0.15) is 11.1 Å². The van der Waals surface area contributed by atoms with Crippen LogP contribution < -0.4 is 0 Å². The third-order valence-electron chi connectivity index (χ3n) is 3.00. The number of para-hydroxylation sites is 1. The minimum absolute atomic E-state index is 0.268. The molecule has 3 aromatic rings. The molecule has 0 bridgehead atoms. The summed E-state index contributed by atoms with van der Waals surface area (Å²) in [7, 11) is 0. The van der Waals surface area contributed by atoms with E-state index < -0.39 is 11.2 Å². The standard InChI is InChI=1S/C15H12ClNO2S/c1-10-3-2-4-13-14(10)19-15(17-13)20(18)9-11-5-7-12(16)8-6-11/h2-8H,9H2,1H3. The van der Waals surface area contributed by atoms with Gasteiger partial charge in [0.25, 0.3) is 0 Å². The predicted octanol–water partition coefficient (Wildman–Crippen LogP) is 4.10. The Hall–Kier alpha value is -1.49. The van der Waals surface area contributed by atoms with Gasteiger partial charge in [0.2, 0.25) is 0 Å². The Bertz CT molecular complexity index is 739. The van der Waals surface area contributed by atoms with E-state index >= 15 is 0 Å². The van der Waals surface area contributed by atoms with Crippen molar-refractivity contribution in [3.8, 4) is 0 Å². The normalized spacial score (nSPS) is 12.8. The molecule has 0 aliphatic carbocycles. The summed E-state index contributed by atoms with van der Waals surface area (Å²) < 4.78 is 17.9. The summed E-state index contributed by atoms with van der Waals surface area (Å²) in [5.41, 5.74) is 3.37. The molecule has 0 spiro atoms. The van der Waals surface area contributed by atoms with Gasteiger partial charge in [0, 0.05) is 10.6 Å². The zero-order chi connectivity index (χ0) is 14.1. The molecule has 0 aliphatic rings. The fraction of sp³-hybridized carbons (Fsp3) is 0.133. The molecular formula is C15H12ClNO2S. The number of oxazole rings is 1. The summed E-state index contributed by atoms with van der Waals surface area (Å²) in [5.74, 6) is 0.364. The molecule has 2 aromatic carbocycles. The van der Waals surface area contributed by atoms with Gasteiger partial charge in [-0.2, -0.15) is 4.98 Å². The Kier molecular flexibility index (Phi) is 3.70. The van der Waals surface area contributed by atoms with Crippen LogP contribution in [0.5, 0.6) is 0 Å². The Labute approximate surface area is 124 Å². The molecule has 20 heavy (non-hydrogen) atoms. The fourth-order valence-corrected chi connectivity index (χ4v) is 3.08. The maximum Gasteiger partial charge on any atom is 0.416 e. The second-order valence-corrected chi connectivity index (χ2v) is 6.28. The van der Waals surface area contributed by atoms with Crippen LogP contribution in [-0.4, -0.2) is 9.54 Å². The number of rotatable bonds is 3. The molecule has 5 heteroatoms. The van der Waals surface area contributed by atoms with Crippen molar-refractivity contribution in [2.24, 2.45) is 0 Å². The lowest BCUT2D eigenvalue weighted by atomic mass is 10.2. The first-order valence-corrected chi connectivity index (χ1v) is 7.82. The highest BCUT2D eigenvalue weighted by atomic mass is 35.5. The van der Waals surface area contributed by atoms with Crippen LogP contribution in [0.4, 0.5) is 0 Å². The topological polar surface area (TPSA) is 49.1 Å². The molecule has 1 heterocycles. The minimum atomic E-state index is -1.30. The average molecular weight is 306 g/mol. The van der Waals surface area contributed by atoms with Crippen LogP contribution >= 0.6 is 11.6 Å². The Balaban J connectivity index is 1.86. The summed E-state index contributed by atoms with van der Waals surface area (Å²) >= 11 is 4.53. The van der Waals surface area contributed by atoms with Gasteiger partial charge in [-0.05, 0) is 30.7 Å². The first-order valence-electron chi connectivity index (χ1n) is 6.12. The van der Waals surface area contributed by atoms with Crippen molar-refractivity contribution in [2.45, 2.75) is 17.9 Å². The molecule has 0 N–H and O–H groups in total. The van der Waals surface area contributed by atoms with Crippen molar-refractivity contribution in [1.82, 2.24) is 4.98 Å². The van der Waals surface area contributed by atoms with Gasteiger partial charge >= 0.3 is 5.22 Å². The second-order valence-electron chi connectivity index (χ2n) is 4.52. The number of halogens is 1. The van der Waals surface area contributed by atoms with Crippen molar-refractivity contribution in [1.29, 1.82) is 0 Å². The van der Waals surface area contributed by atoms with Gasteiger partial charge in [-0.15, -0.1) is 0 Å². The number of hydrogen-bond acceptors (Lipinski definition) is 3. The molecule has 3 nitrogen and oxygen atoms in total. The molecule has 0 saturated carbocycles. The van der Waals surface area contributed by atoms with E-state index in [9.17, 15) is 4.55 Å². The van der Waals surface area contributed by atoms with E-state index in [2.05, 4.69) is 4.98 Å². The quantitative estimate of drug-likeness (QED) is 0.685. The van der Waals surface area contributed by atoms with Gasteiger partial charge < -0.3 is 8.97 Å². The number of fused-ring (bicyclic) bond motifs is 1. The van der Waals surface area contributed by atoms with Gasteiger partial charge in [-0.25, -0.2) is 0 Å². The van der Waals surface area contributed by atoms with E-state index in [0.29, 0.717) is 16.4 Å². The third kappa shape index (κ3) is 2.68. The summed E-state index contributed by atoms with van der Waals surface area (Å²) in [6.07, 6.45) is 0. The summed E-state index contributed by atoms with van der Waals surface area (Å²) in [6.45, 7) is 1.94. The summed E-state index contributed by atoms with van der Waals surface area (Å²) in [5, 5.41) is 0.932. The molecule has 0 saturated heterocycles. The SMILES string of the molecule is Cc1cccc2nc([S+]([O-])Cc3ccc(Cl)cc3)oc12. The highest BCUT2D eigenvalue weighted by molar-refractivity contribution is 7.90. The molecule has 1 unspecified atom stereocenters. The van der Waals surface area contributed by atoms with Crippen LogP contribution in [-0.2, 0) is 16.9 Å². The van der Waals surface area contributed by atoms with E-state index in [0.717, 1.165) is 16.6 Å². The molecule has 3 rings (SSSR count). The Morgan fingerprint density at radius 3 is 2.65 bits per heavy atom. The van der Waals surface area contributed by atoms with Crippen molar-refractivity contribution in [2.75, 3.05) is 0 Å². The predicted molar refractivity (Wildman–Crippen MR) is 80.3 cm³/mol. The first kappa shape index (κ1) is 13.5.